The van der Waals surface area contributed by atoms with E-state index in [4.69, 9.17) is 28.9 Å². The van der Waals surface area contributed by atoms with Crippen molar-refractivity contribution in [1.82, 2.24) is 10.2 Å². The highest BCUT2D eigenvalue weighted by molar-refractivity contribution is 7.19. The lowest BCUT2D eigenvalue weighted by Crippen LogP contribution is -2.12. The molecule has 0 aliphatic rings. The van der Waals surface area contributed by atoms with E-state index in [9.17, 15) is 4.79 Å². The molecule has 0 saturated heterocycles. The van der Waals surface area contributed by atoms with Gasteiger partial charge >= 0.3 is 0 Å². The van der Waals surface area contributed by atoms with Crippen LogP contribution in [0, 0.1) is 0 Å². The summed E-state index contributed by atoms with van der Waals surface area (Å²) in [6, 6.07) is 4.63. The van der Waals surface area contributed by atoms with Crippen LogP contribution in [0.5, 0.6) is 0 Å². The quantitative estimate of drug-likeness (QED) is 0.890. The maximum absolute atomic E-state index is 11.8. The van der Waals surface area contributed by atoms with Crippen LogP contribution in [0.4, 0.5) is 10.3 Å². The van der Waals surface area contributed by atoms with Crippen LogP contribution >= 0.6 is 34.5 Å². The van der Waals surface area contributed by atoms with Gasteiger partial charge in [0.15, 0.2) is 0 Å². The highest BCUT2D eigenvalue weighted by Gasteiger charge is 2.13. The number of carbonyl (C=O) groups is 1. The van der Waals surface area contributed by atoms with Crippen LogP contribution in [0.3, 0.4) is 0 Å². The largest absolute Gasteiger partial charge is 0.374 e. The molecule has 1 aromatic carbocycles. The lowest BCUT2D eigenvalue weighted by atomic mass is 10.2. The molecule has 0 unspecified atom stereocenters. The minimum atomic E-state index is -0.409. The number of hydrogen-bond acceptors (Lipinski definition) is 5. The zero-order chi connectivity index (χ0) is 12.4. The predicted molar refractivity (Wildman–Crippen MR) is 68.7 cm³/mol. The predicted octanol–water partition coefficient (Wildman–Crippen LogP) is 2.68. The molecule has 17 heavy (non-hydrogen) atoms. The number of nitrogen functional groups attached to an aromatic ring is 1. The van der Waals surface area contributed by atoms with Gasteiger partial charge in [0.1, 0.15) is 0 Å². The van der Waals surface area contributed by atoms with Gasteiger partial charge in [0.05, 0.1) is 10.6 Å². The van der Waals surface area contributed by atoms with Gasteiger partial charge < -0.3 is 5.73 Å². The second-order valence-corrected chi connectivity index (χ2v) is 4.88. The molecule has 0 radical (unpaired) electrons. The van der Waals surface area contributed by atoms with Crippen molar-refractivity contribution in [2.75, 3.05) is 11.1 Å². The molecule has 0 aliphatic carbocycles. The molecule has 0 spiro atoms. The number of carbonyl (C=O) groups excluding carboxylic acids is 1. The first-order valence-corrected chi connectivity index (χ1v) is 5.99. The van der Waals surface area contributed by atoms with E-state index >= 15 is 0 Å². The van der Waals surface area contributed by atoms with Crippen molar-refractivity contribution in [1.29, 1.82) is 0 Å². The van der Waals surface area contributed by atoms with Gasteiger partial charge in [-0.3, -0.25) is 10.1 Å². The number of nitrogens with zero attached hydrogens (tertiary/aromatic N) is 2. The van der Waals surface area contributed by atoms with Crippen molar-refractivity contribution in [2.45, 2.75) is 0 Å². The van der Waals surface area contributed by atoms with Crippen molar-refractivity contribution in [3.63, 3.8) is 0 Å². The molecule has 1 amide bonds. The van der Waals surface area contributed by atoms with Crippen LogP contribution in [0.15, 0.2) is 18.2 Å². The molecule has 0 aliphatic heterocycles. The minimum absolute atomic E-state index is 0.271. The molecule has 88 valence electrons. The lowest BCUT2D eigenvalue weighted by Gasteiger charge is -2.03. The normalized spacial score (nSPS) is 10.2. The van der Waals surface area contributed by atoms with Gasteiger partial charge in [0, 0.05) is 5.02 Å². The second kappa shape index (κ2) is 4.87. The number of aromatic nitrogens is 2. The van der Waals surface area contributed by atoms with Crippen molar-refractivity contribution in [2.24, 2.45) is 0 Å². The summed E-state index contributed by atoms with van der Waals surface area (Å²) < 4.78 is 0. The number of nitrogens with two attached hydrogens (primary N) is 1. The number of anilines is 2. The molecule has 2 rings (SSSR count). The Balaban J connectivity index is 2.22. The maximum Gasteiger partial charge on any atom is 0.259 e. The Labute approximate surface area is 111 Å². The van der Waals surface area contributed by atoms with Gasteiger partial charge in [-0.25, -0.2) is 0 Å². The van der Waals surface area contributed by atoms with E-state index in [2.05, 4.69) is 15.5 Å². The molecule has 0 bridgehead atoms. The zero-order valence-electron chi connectivity index (χ0n) is 8.28. The molecular formula is C9H6Cl2N4OS. The topological polar surface area (TPSA) is 80.9 Å². The Hall–Kier alpha value is -1.37. The number of nitrogens with one attached hydrogen (secondary N) is 1. The highest BCUT2D eigenvalue weighted by atomic mass is 35.5. The summed E-state index contributed by atoms with van der Waals surface area (Å²) in [5, 5.41) is 11.1. The van der Waals surface area contributed by atoms with Crippen LogP contribution in [0.1, 0.15) is 10.4 Å². The van der Waals surface area contributed by atoms with E-state index in [1.165, 1.54) is 6.07 Å². The first-order valence-electron chi connectivity index (χ1n) is 4.41. The van der Waals surface area contributed by atoms with Crippen LogP contribution in [-0.4, -0.2) is 16.1 Å². The fourth-order valence-electron chi connectivity index (χ4n) is 1.12. The molecule has 0 fully saturated rings. The average Bonchev–Trinajstić information content (AvgIpc) is 2.67. The standard InChI is InChI=1S/C9H6Cl2N4OS/c10-4-1-2-6(11)5(3-4)7(16)13-9-15-14-8(12)17-9/h1-3H,(H2,12,14)(H,13,15,16). The van der Waals surface area contributed by atoms with Gasteiger partial charge in [0.2, 0.25) is 10.3 Å². The van der Waals surface area contributed by atoms with Crippen molar-refractivity contribution < 1.29 is 4.79 Å². The molecule has 1 heterocycles. The molecule has 2 aromatic rings. The number of halogens is 2. The van der Waals surface area contributed by atoms with E-state index in [1.807, 2.05) is 0 Å². The smallest absolute Gasteiger partial charge is 0.259 e. The number of hydrogen-bond donors (Lipinski definition) is 2. The summed E-state index contributed by atoms with van der Waals surface area (Å²) in [7, 11) is 0. The number of amides is 1. The number of rotatable bonds is 2. The molecule has 3 N–H and O–H groups in total. The molecule has 5 nitrogen and oxygen atoms in total. The summed E-state index contributed by atoms with van der Waals surface area (Å²) in [5.74, 6) is -0.409. The van der Waals surface area contributed by atoms with Gasteiger partial charge in [-0.2, -0.15) is 0 Å². The molecule has 0 saturated carbocycles. The monoisotopic (exact) mass is 288 g/mol. The summed E-state index contributed by atoms with van der Waals surface area (Å²) in [4.78, 5) is 11.8. The SMILES string of the molecule is Nc1nnc(NC(=O)c2cc(Cl)ccc2Cl)s1. The third-order valence-electron chi connectivity index (χ3n) is 1.83. The molecular weight excluding hydrogens is 283 g/mol. The first kappa shape index (κ1) is 12.1. The van der Waals surface area contributed by atoms with Crippen molar-refractivity contribution in [3.8, 4) is 0 Å². The van der Waals surface area contributed by atoms with Gasteiger partial charge in [0.25, 0.3) is 5.91 Å². The zero-order valence-corrected chi connectivity index (χ0v) is 10.6. The van der Waals surface area contributed by atoms with E-state index in [-0.39, 0.29) is 10.7 Å². The fraction of sp³-hybridized carbons (Fsp3) is 0. The highest BCUT2D eigenvalue weighted by Crippen LogP contribution is 2.23. The second-order valence-electron chi connectivity index (χ2n) is 3.02. The molecule has 8 heteroatoms. The maximum atomic E-state index is 11.8. The fourth-order valence-corrected chi connectivity index (χ4v) is 2.00. The van der Waals surface area contributed by atoms with Crippen molar-refractivity contribution in [3.05, 3.63) is 33.8 Å². The summed E-state index contributed by atoms with van der Waals surface area (Å²) in [5.41, 5.74) is 5.66. The van der Waals surface area contributed by atoms with Gasteiger partial charge in [-0.1, -0.05) is 34.5 Å². The minimum Gasteiger partial charge on any atom is -0.374 e. The van der Waals surface area contributed by atoms with Crippen LogP contribution in [0.2, 0.25) is 10.0 Å². The molecule has 1 aromatic heterocycles. The van der Waals surface area contributed by atoms with E-state index < -0.39 is 5.91 Å². The Morgan fingerprint density at radius 3 is 2.76 bits per heavy atom. The van der Waals surface area contributed by atoms with E-state index in [0.29, 0.717) is 15.2 Å². The average molecular weight is 289 g/mol. The Bertz CT molecular complexity index is 572. The van der Waals surface area contributed by atoms with Crippen molar-refractivity contribution >= 4 is 50.7 Å². The summed E-state index contributed by atoms with van der Waals surface area (Å²) in [6.07, 6.45) is 0. The van der Waals surface area contributed by atoms with Crippen LogP contribution < -0.4 is 11.1 Å². The van der Waals surface area contributed by atoms with Crippen LogP contribution in [0.25, 0.3) is 0 Å². The van der Waals surface area contributed by atoms with E-state index in [1.54, 1.807) is 12.1 Å². The van der Waals surface area contributed by atoms with Gasteiger partial charge in [-0.05, 0) is 18.2 Å². The van der Waals surface area contributed by atoms with Crippen LogP contribution in [-0.2, 0) is 0 Å². The van der Waals surface area contributed by atoms with Gasteiger partial charge in [-0.15, -0.1) is 10.2 Å². The Kier molecular flexibility index (Phi) is 3.46. The third kappa shape index (κ3) is 2.85. The summed E-state index contributed by atoms with van der Waals surface area (Å²) in [6.45, 7) is 0. The number of benzene rings is 1. The summed E-state index contributed by atoms with van der Waals surface area (Å²) >= 11 is 12.7. The Morgan fingerprint density at radius 2 is 2.12 bits per heavy atom. The molecule has 0 atom stereocenters. The third-order valence-corrected chi connectivity index (χ3v) is 3.07. The Morgan fingerprint density at radius 1 is 1.35 bits per heavy atom. The first-order chi connectivity index (χ1) is 8.06. The lowest BCUT2D eigenvalue weighted by molar-refractivity contribution is 0.102. The van der Waals surface area contributed by atoms with E-state index in [0.717, 1.165) is 11.3 Å².